The molecule has 0 aromatic heterocycles. The molecular weight excluding hydrogens is 272 g/mol. The Bertz CT molecular complexity index is 723. The van der Waals surface area contributed by atoms with Crippen molar-refractivity contribution in [3.05, 3.63) is 52.6 Å². The number of benzene rings is 2. The molecule has 3 N–H and O–H groups in total. The summed E-state index contributed by atoms with van der Waals surface area (Å²) >= 11 is 0. The molecule has 5 heteroatoms. The van der Waals surface area contributed by atoms with Gasteiger partial charge in [0.25, 0.3) is 0 Å². The molecule has 0 radical (unpaired) electrons. The van der Waals surface area contributed by atoms with Gasteiger partial charge in [0.2, 0.25) is 5.78 Å². The number of carbonyl (C=O) groups excluding carboxylic acids is 2. The van der Waals surface area contributed by atoms with E-state index in [2.05, 4.69) is 0 Å². The molecule has 0 aliphatic heterocycles. The maximum Gasteiger partial charge on any atom is 0.204 e. The van der Waals surface area contributed by atoms with Crippen LogP contribution in [0, 0.1) is 6.92 Å². The van der Waals surface area contributed by atoms with Crippen LogP contribution in [0.1, 0.15) is 38.8 Å². The lowest BCUT2D eigenvalue weighted by molar-refractivity contribution is 0.0986. The number of aromatic hydroxyl groups is 3. The molecule has 0 unspecified atom stereocenters. The number of hydrogen-bond acceptors (Lipinski definition) is 5. The Balaban J connectivity index is 2.69. The number of phenolic OH excluding ortho intramolecular Hbond substituents is 3. The minimum Gasteiger partial charge on any atom is -0.507 e. The van der Waals surface area contributed by atoms with E-state index in [0.29, 0.717) is 5.56 Å². The van der Waals surface area contributed by atoms with Crippen LogP contribution in [-0.2, 0) is 0 Å². The average molecular weight is 286 g/mol. The minimum absolute atomic E-state index is 0.0272. The van der Waals surface area contributed by atoms with Crippen molar-refractivity contribution in [1.29, 1.82) is 0 Å². The predicted molar refractivity (Wildman–Crippen MR) is 76.1 cm³/mol. The van der Waals surface area contributed by atoms with Crippen LogP contribution >= 0.6 is 0 Å². The first-order chi connectivity index (χ1) is 9.82. The fraction of sp³-hybridized carbons (Fsp3) is 0.125. The summed E-state index contributed by atoms with van der Waals surface area (Å²) in [5.74, 6) is -2.41. The number of aryl methyl sites for hydroxylation is 1. The number of phenols is 3. The lowest BCUT2D eigenvalue weighted by atomic mass is 9.94. The van der Waals surface area contributed by atoms with Gasteiger partial charge in [-0.3, -0.25) is 9.59 Å². The van der Waals surface area contributed by atoms with Gasteiger partial charge in [-0.15, -0.1) is 0 Å². The fourth-order valence-corrected chi connectivity index (χ4v) is 2.18. The molecule has 0 atom stereocenters. The van der Waals surface area contributed by atoms with E-state index in [4.69, 9.17) is 0 Å². The molecule has 2 aromatic rings. The Hall–Kier alpha value is -2.82. The number of hydrogen-bond donors (Lipinski definition) is 3. The number of ketones is 2. The molecule has 2 rings (SSSR count). The Labute approximate surface area is 121 Å². The van der Waals surface area contributed by atoms with Crippen molar-refractivity contribution >= 4 is 11.6 Å². The van der Waals surface area contributed by atoms with Gasteiger partial charge in [-0.05, 0) is 37.6 Å². The monoisotopic (exact) mass is 286 g/mol. The summed E-state index contributed by atoms with van der Waals surface area (Å²) in [5, 5.41) is 29.6. The summed E-state index contributed by atoms with van der Waals surface area (Å²) in [6, 6.07) is 6.75. The van der Waals surface area contributed by atoms with Gasteiger partial charge >= 0.3 is 0 Å². The van der Waals surface area contributed by atoms with Gasteiger partial charge in [-0.2, -0.15) is 0 Å². The number of Topliss-reactive ketones (excluding diaryl/α,β-unsaturated/α-hetero) is 1. The summed E-state index contributed by atoms with van der Waals surface area (Å²) in [5.41, 5.74) is 0.0223. The van der Waals surface area contributed by atoms with Crippen molar-refractivity contribution in [3.8, 4) is 17.2 Å². The lowest BCUT2D eigenvalue weighted by Gasteiger charge is -2.11. The topological polar surface area (TPSA) is 94.8 Å². The first kappa shape index (κ1) is 14.6. The molecule has 0 saturated heterocycles. The van der Waals surface area contributed by atoms with E-state index in [1.54, 1.807) is 6.92 Å². The van der Waals surface area contributed by atoms with E-state index in [-0.39, 0.29) is 22.4 Å². The summed E-state index contributed by atoms with van der Waals surface area (Å²) in [7, 11) is 0. The minimum atomic E-state index is -0.812. The number of rotatable bonds is 3. The highest BCUT2D eigenvalue weighted by Crippen LogP contribution is 2.34. The van der Waals surface area contributed by atoms with Gasteiger partial charge < -0.3 is 15.3 Å². The van der Waals surface area contributed by atoms with Gasteiger partial charge in [-0.1, -0.05) is 12.1 Å². The van der Waals surface area contributed by atoms with Crippen LogP contribution in [0.3, 0.4) is 0 Å². The summed E-state index contributed by atoms with van der Waals surface area (Å²) in [6.07, 6.45) is 0. The largest absolute Gasteiger partial charge is 0.507 e. The molecule has 0 amide bonds. The van der Waals surface area contributed by atoms with Crippen molar-refractivity contribution in [1.82, 2.24) is 0 Å². The molecule has 2 aromatic carbocycles. The summed E-state index contributed by atoms with van der Waals surface area (Å²) < 4.78 is 0. The molecule has 108 valence electrons. The van der Waals surface area contributed by atoms with E-state index in [9.17, 15) is 24.9 Å². The molecule has 0 saturated carbocycles. The van der Waals surface area contributed by atoms with Crippen LogP contribution in [0.25, 0.3) is 0 Å². The zero-order valence-corrected chi connectivity index (χ0v) is 11.5. The second-order valence-corrected chi connectivity index (χ2v) is 4.76. The maximum absolute atomic E-state index is 12.5. The van der Waals surface area contributed by atoms with Crippen LogP contribution < -0.4 is 0 Å². The van der Waals surface area contributed by atoms with Crippen LogP contribution in [0.15, 0.2) is 30.3 Å². The molecule has 0 heterocycles. The van der Waals surface area contributed by atoms with E-state index >= 15 is 0 Å². The van der Waals surface area contributed by atoms with Crippen molar-refractivity contribution in [2.24, 2.45) is 0 Å². The third kappa shape index (κ3) is 2.58. The molecule has 0 spiro atoms. The smallest absolute Gasteiger partial charge is 0.204 e. The first-order valence-electron chi connectivity index (χ1n) is 6.23. The van der Waals surface area contributed by atoms with E-state index in [1.165, 1.54) is 37.3 Å². The Morgan fingerprint density at radius 2 is 1.48 bits per heavy atom. The van der Waals surface area contributed by atoms with Crippen LogP contribution in [-0.4, -0.2) is 26.9 Å². The third-order valence-corrected chi connectivity index (χ3v) is 3.12. The first-order valence-corrected chi connectivity index (χ1v) is 6.23. The van der Waals surface area contributed by atoms with Crippen molar-refractivity contribution < 1.29 is 24.9 Å². The second kappa shape index (κ2) is 5.28. The fourth-order valence-electron chi connectivity index (χ4n) is 2.18. The molecule has 0 fully saturated rings. The standard InChI is InChI=1S/C16H14O5/c1-8-6-12(19)15(13(20)7-8)16(21)14-10(9(2)17)4-3-5-11(14)18/h3-7,18-20H,1-2H3. The van der Waals surface area contributed by atoms with Crippen LogP contribution in [0.4, 0.5) is 0 Å². The molecule has 0 bridgehead atoms. The van der Waals surface area contributed by atoms with E-state index in [0.717, 1.165) is 0 Å². The van der Waals surface area contributed by atoms with Gasteiger partial charge in [0.1, 0.15) is 22.8 Å². The van der Waals surface area contributed by atoms with E-state index < -0.39 is 23.1 Å². The maximum atomic E-state index is 12.5. The highest BCUT2D eigenvalue weighted by molar-refractivity contribution is 6.19. The normalized spacial score (nSPS) is 10.4. The summed E-state index contributed by atoms with van der Waals surface area (Å²) in [6.45, 7) is 2.91. The van der Waals surface area contributed by atoms with Crippen molar-refractivity contribution in [3.63, 3.8) is 0 Å². The second-order valence-electron chi connectivity index (χ2n) is 4.76. The van der Waals surface area contributed by atoms with Gasteiger partial charge in [0.05, 0.1) is 5.56 Å². The van der Waals surface area contributed by atoms with Gasteiger partial charge in [-0.25, -0.2) is 0 Å². The Morgan fingerprint density at radius 1 is 0.905 bits per heavy atom. The average Bonchev–Trinajstić information content (AvgIpc) is 2.36. The SMILES string of the molecule is CC(=O)c1cccc(O)c1C(=O)c1c(O)cc(C)cc1O. The number of carbonyl (C=O) groups is 2. The highest BCUT2D eigenvalue weighted by Gasteiger charge is 2.25. The third-order valence-electron chi connectivity index (χ3n) is 3.12. The molecular formula is C16H14O5. The Morgan fingerprint density at radius 3 is 2.00 bits per heavy atom. The molecule has 0 aliphatic rings. The highest BCUT2D eigenvalue weighted by atomic mass is 16.3. The van der Waals surface area contributed by atoms with Gasteiger partial charge in [0.15, 0.2) is 5.78 Å². The zero-order chi connectivity index (χ0) is 15.7. The molecule has 21 heavy (non-hydrogen) atoms. The van der Waals surface area contributed by atoms with E-state index in [1.807, 2.05) is 0 Å². The lowest BCUT2D eigenvalue weighted by Crippen LogP contribution is -2.09. The summed E-state index contributed by atoms with van der Waals surface area (Å²) in [4.78, 5) is 24.1. The Kier molecular flexibility index (Phi) is 3.67. The van der Waals surface area contributed by atoms with Crippen LogP contribution in [0.2, 0.25) is 0 Å². The molecule has 5 nitrogen and oxygen atoms in total. The van der Waals surface area contributed by atoms with Crippen molar-refractivity contribution in [2.45, 2.75) is 13.8 Å². The van der Waals surface area contributed by atoms with Crippen LogP contribution in [0.5, 0.6) is 17.2 Å². The zero-order valence-electron chi connectivity index (χ0n) is 11.5. The van der Waals surface area contributed by atoms with Gasteiger partial charge in [0, 0.05) is 5.56 Å². The van der Waals surface area contributed by atoms with Crippen molar-refractivity contribution in [2.75, 3.05) is 0 Å². The molecule has 0 aliphatic carbocycles. The quantitative estimate of drug-likeness (QED) is 0.754. The predicted octanol–water partition coefficient (Wildman–Crippen LogP) is 2.55.